The number of fused-ring (bicyclic) bond motifs is 5. The first-order valence-corrected chi connectivity index (χ1v) is 14.6. The molecule has 4 atom stereocenters. The molecule has 8 rings (SSSR count). The zero-order valence-electron chi connectivity index (χ0n) is 23.4. The highest BCUT2D eigenvalue weighted by molar-refractivity contribution is 6.27. The highest BCUT2D eigenvalue weighted by atomic mass is 16.1. The zero-order valence-corrected chi connectivity index (χ0v) is 23.4. The summed E-state index contributed by atoms with van der Waals surface area (Å²) in [4.78, 5) is 15.5. The molecule has 3 aliphatic carbocycles. The Hall–Kier alpha value is -4.49. The van der Waals surface area contributed by atoms with Crippen LogP contribution in [0, 0.1) is 10.8 Å². The third kappa shape index (κ3) is 2.57. The Labute approximate surface area is 242 Å². The first kappa shape index (κ1) is 24.3. The van der Waals surface area contributed by atoms with Gasteiger partial charge in [-0.3, -0.25) is 4.79 Å². The Bertz CT molecular complexity index is 1690. The molecule has 2 saturated carbocycles. The second-order valence-electron chi connectivity index (χ2n) is 12.3. The van der Waals surface area contributed by atoms with Gasteiger partial charge >= 0.3 is 0 Å². The van der Waals surface area contributed by atoms with Gasteiger partial charge in [0.2, 0.25) is 0 Å². The molecule has 0 saturated heterocycles. The van der Waals surface area contributed by atoms with E-state index in [4.69, 9.17) is 0 Å². The monoisotopic (exact) mass is 528 g/mol. The van der Waals surface area contributed by atoms with Crippen molar-refractivity contribution in [2.75, 3.05) is 0 Å². The highest BCUT2D eigenvalue weighted by Crippen LogP contribution is 2.96. The van der Waals surface area contributed by atoms with Crippen LogP contribution in [0.4, 0.5) is 0 Å². The molecule has 0 aliphatic heterocycles. The molecule has 1 nitrogen and oxygen atoms in total. The lowest BCUT2D eigenvalue weighted by atomic mass is 9.59. The Morgan fingerprint density at radius 1 is 0.439 bits per heavy atom. The predicted octanol–water partition coefficient (Wildman–Crippen LogP) is 8.88. The van der Waals surface area contributed by atoms with Crippen molar-refractivity contribution in [3.05, 3.63) is 179 Å². The van der Waals surface area contributed by atoms with Crippen molar-refractivity contribution in [2.24, 2.45) is 10.8 Å². The summed E-state index contributed by atoms with van der Waals surface area (Å²) in [5.41, 5.74) is 6.01. The third-order valence-electron chi connectivity index (χ3n) is 10.9. The Kier molecular flexibility index (Phi) is 4.91. The van der Waals surface area contributed by atoms with E-state index in [1.807, 2.05) is 0 Å². The summed E-state index contributed by atoms with van der Waals surface area (Å²) in [5.74, 6) is 0.455. The molecule has 0 amide bonds. The molecule has 0 N–H and O–H groups in total. The molecule has 41 heavy (non-hydrogen) atoms. The lowest BCUT2D eigenvalue weighted by molar-refractivity contribution is -0.129. The van der Waals surface area contributed by atoms with E-state index < -0.39 is 21.7 Å². The lowest BCUT2D eigenvalue weighted by Crippen LogP contribution is -2.39. The van der Waals surface area contributed by atoms with Gasteiger partial charge in [-0.25, -0.2) is 0 Å². The van der Waals surface area contributed by atoms with Crippen LogP contribution in [0.5, 0.6) is 0 Å². The van der Waals surface area contributed by atoms with Crippen LogP contribution in [0.25, 0.3) is 11.1 Å². The minimum atomic E-state index is -0.758. The van der Waals surface area contributed by atoms with Gasteiger partial charge < -0.3 is 0 Å². The molecule has 1 heteroatoms. The van der Waals surface area contributed by atoms with Crippen molar-refractivity contribution < 1.29 is 4.79 Å². The minimum Gasteiger partial charge on any atom is -0.298 e. The summed E-state index contributed by atoms with van der Waals surface area (Å²) >= 11 is 0. The van der Waals surface area contributed by atoms with Crippen molar-refractivity contribution >= 4 is 16.9 Å². The molecule has 5 aromatic rings. The number of allylic oxidation sites excluding steroid dienone is 2. The van der Waals surface area contributed by atoms with Gasteiger partial charge in [0.25, 0.3) is 0 Å². The lowest BCUT2D eigenvalue weighted by Gasteiger charge is -2.42. The molecule has 198 valence electrons. The van der Waals surface area contributed by atoms with Gasteiger partial charge in [-0.1, -0.05) is 152 Å². The molecule has 3 aliphatic rings. The fourth-order valence-corrected chi connectivity index (χ4v) is 9.81. The molecule has 2 bridgehead atoms. The summed E-state index contributed by atoms with van der Waals surface area (Å²) in [6.45, 7) is 4.54. The van der Waals surface area contributed by atoms with E-state index in [-0.39, 0.29) is 5.92 Å². The summed E-state index contributed by atoms with van der Waals surface area (Å²) in [5, 5.41) is 0. The molecular weight excluding hydrogens is 496 g/mol. The molecule has 0 spiro atoms. The summed E-state index contributed by atoms with van der Waals surface area (Å²) < 4.78 is 0. The van der Waals surface area contributed by atoms with Crippen molar-refractivity contribution in [1.82, 2.24) is 0 Å². The SMILES string of the molecule is C[C@@]12C(=O)[C@](C)(C(c3ccccc3)=C1c1ccccc1)[C@@]1(c3ccccc3)C(c3ccccc3)[C@]21c1ccccc1. The largest absolute Gasteiger partial charge is 0.298 e. The standard InChI is InChI=1S/C40H32O/c1-37-33(28-18-8-3-9-19-28)34(29-20-10-4-11-21-29)38(2,36(37)41)40(32-26-16-7-17-27-32)35(30-22-12-5-13-23-30)39(37,40)31-24-14-6-15-25-31/h3-27,35H,1-2H3/t37-,38-,39+,40+/m0/s1. The van der Waals surface area contributed by atoms with E-state index in [1.165, 1.54) is 27.8 Å². The number of ketones is 1. The maximum Gasteiger partial charge on any atom is 0.155 e. The van der Waals surface area contributed by atoms with Crippen LogP contribution < -0.4 is 0 Å². The van der Waals surface area contributed by atoms with Crippen LogP contribution in [-0.2, 0) is 15.6 Å². The first-order valence-electron chi connectivity index (χ1n) is 14.6. The van der Waals surface area contributed by atoms with Crippen LogP contribution in [-0.4, -0.2) is 5.78 Å². The second kappa shape index (κ2) is 8.27. The maximum absolute atomic E-state index is 15.5. The summed E-state index contributed by atoms with van der Waals surface area (Å²) in [6, 6.07) is 54.1. The van der Waals surface area contributed by atoms with Gasteiger partial charge in [-0.2, -0.15) is 0 Å². The number of Topliss-reactive ketones (excluding diaryl/α,β-unsaturated/α-hetero) is 1. The van der Waals surface area contributed by atoms with E-state index in [0.29, 0.717) is 5.78 Å². The van der Waals surface area contributed by atoms with Crippen LogP contribution >= 0.6 is 0 Å². The molecule has 0 aromatic heterocycles. The molecule has 0 unspecified atom stereocenters. The molecule has 0 radical (unpaired) electrons. The Morgan fingerprint density at radius 3 is 1.12 bits per heavy atom. The van der Waals surface area contributed by atoms with Crippen molar-refractivity contribution in [2.45, 2.75) is 30.6 Å². The molecule has 2 fully saturated rings. The van der Waals surface area contributed by atoms with E-state index in [9.17, 15) is 0 Å². The number of rotatable bonds is 5. The third-order valence-corrected chi connectivity index (χ3v) is 10.9. The quantitative estimate of drug-likeness (QED) is 0.223. The smallest absolute Gasteiger partial charge is 0.155 e. The van der Waals surface area contributed by atoms with Gasteiger partial charge in [0.05, 0.1) is 10.8 Å². The minimum absolute atomic E-state index is 0.119. The normalized spacial score (nSPS) is 31.3. The summed E-state index contributed by atoms with van der Waals surface area (Å²) in [7, 11) is 0. The zero-order chi connectivity index (χ0) is 27.9. The fraction of sp³-hybridized carbons (Fsp3) is 0.175. The number of carbonyl (C=O) groups excluding carboxylic acids is 1. The van der Waals surface area contributed by atoms with Gasteiger partial charge in [0, 0.05) is 16.7 Å². The molecular formula is C40H32O. The number of carbonyl (C=O) groups is 1. The van der Waals surface area contributed by atoms with Crippen molar-refractivity contribution in [1.29, 1.82) is 0 Å². The predicted molar refractivity (Wildman–Crippen MR) is 166 cm³/mol. The first-order chi connectivity index (χ1) is 20.1. The molecule has 5 aromatic carbocycles. The van der Waals surface area contributed by atoms with Crippen molar-refractivity contribution in [3.8, 4) is 0 Å². The van der Waals surface area contributed by atoms with Crippen LogP contribution in [0.1, 0.15) is 47.6 Å². The van der Waals surface area contributed by atoms with Gasteiger partial charge in [-0.05, 0) is 52.8 Å². The van der Waals surface area contributed by atoms with E-state index in [2.05, 4.69) is 166 Å². The van der Waals surface area contributed by atoms with E-state index in [1.54, 1.807) is 0 Å². The van der Waals surface area contributed by atoms with Crippen molar-refractivity contribution in [3.63, 3.8) is 0 Å². The van der Waals surface area contributed by atoms with Gasteiger partial charge in [-0.15, -0.1) is 0 Å². The average molecular weight is 529 g/mol. The average Bonchev–Trinajstić information content (AvgIpc) is 3.64. The second-order valence-corrected chi connectivity index (χ2v) is 12.3. The van der Waals surface area contributed by atoms with Crippen LogP contribution in [0.2, 0.25) is 0 Å². The topological polar surface area (TPSA) is 17.1 Å². The highest BCUT2D eigenvalue weighted by Gasteiger charge is 2.99. The van der Waals surface area contributed by atoms with Crippen LogP contribution in [0.3, 0.4) is 0 Å². The summed E-state index contributed by atoms with van der Waals surface area (Å²) in [6.07, 6.45) is 0. The number of benzene rings is 5. The van der Waals surface area contributed by atoms with Gasteiger partial charge in [0.1, 0.15) is 0 Å². The maximum atomic E-state index is 15.5. The molecule has 0 heterocycles. The number of hydrogen-bond donors (Lipinski definition) is 0. The van der Waals surface area contributed by atoms with Crippen LogP contribution in [0.15, 0.2) is 152 Å². The van der Waals surface area contributed by atoms with E-state index in [0.717, 1.165) is 11.1 Å². The Morgan fingerprint density at radius 2 is 0.756 bits per heavy atom. The van der Waals surface area contributed by atoms with Gasteiger partial charge in [0.15, 0.2) is 5.78 Å². The fourth-order valence-electron chi connectivity index (χ4n) is 9.81. The number of hydrogen-bond acceptors (Lipinski definition) is 1. The Balaban J connectivity index is 1.59. The van der Waals surface area contributed by atoms with E-state index >= 15 is 4.79 Å².